The van der Waals surface area contributed by atoms with Gasteiger partial charge in [-0.15, -0.1) is 0 Å². The van der Waals surface area contributed by atoms with Crippen LogP contribution in [0.4, 0.5) is 0 Å². The fourth-order valence-electron chi connectivity index (χ4n) is 0. The Hall–Kier alpha value is 0.885. The molecule has 0 aliphatic carbocycles. The van der Waals surface area contributed by atoms with Crippen LogP contribution in [0.5, 0.6) is 0 Å². The predicted molar refractivity (Wildman–Crippen MR) is 3.59 cm³/mol. The van der Waals surface area contributed by atoms with Gasteiger partial charge in [-0.25, -0.2) is 0 Å². The summed E-state index contributed by atoms with van der Waals surface area (Å²) >= 11 is -3.69. The molecule has 5 heavy (non-hydrogen) atoms. The summed E-state index contributed by atoms with van der Waals surface area (Å²) < 4.78 is 24.4. The third-order valence-electron chi connectivity index (χ3n) is 0. The van der Waals surface area contributed by atoms with E-state index in [2.05, 4.69) is 0 Å². The van der Waals surface area contributed by atoms with Gasteiger partial charge in [0.15, 0.2) is 0 Å². The third kappa shape index (κ3) is 51.9. The minimum absolute atomic E-state index is 0. The minimum atomic E-state index is -3.69. The summed E-state index contributed by atoms with van der Waals surface area (Å²) in [4.78, 5) is 0. The molecule has 0 aliphatic heterocycles. The summed E-state index contributed by atoms with van der Waals surface area (Å²) in [5, 5.41) is 0. The van der Waals surface area contributed by atoms with Gasteiger partial charge < -0.3 is 0 Å². The van der Waals surface area contributed by atoms with Crippen molar-refractivity contribution in [1.82, 2.24) is 0 Å². The van der Waals surface area contributed by atoms with E-state index in [0.717, 1.165) is 0 Å². The molecule has 0 amide bonds. The van der Waals surface area contributed by atoms with Gasteiger partial charge in [0.25, 0.3) is 0 Å². The molecule has 0 aromatic heterocycles. The van der Waals surface area contributed by atoms with Crippen LogP contribution in [-0.2, 0) is 45.1 Å². The van der Waals surface area contributed by atoms with E-state index in [-0.39, 0.29) is 22.4 Å². The van der Waals surface area contributed by atoms with Crippen LogP contribution in [0.15, 0.2) is 0 Å². The van der Waals surface area contributed by atoms with E-state index in [0.29, 0.717) is 0 Å². The standard InChI is InChI=1S/Ag.H2O.2O.V/h;1H2;;;/q;;;;+1/p-1. The van der Waals surface area contributed by atoms with E-state index in [1.54, 1.807) is 0 Å². The molecular weight excluding hydrogens is 207 g/mol. The monoisotopic (exact) mass is 207 g/mol. The molecule has 0 aromatic carbocycles. The summed E-state index contributed by atoms with van der Waals surface area (Å²) in [6, 6.07) is 0. The first kappa shape index (κ1) is 9.30. The van der Waals surface area contributed by atoms with Gasteiger partial charge in [0, 0.05) is 22.4 Å². The summed E-state index contributed by atoms with van der Waals surface area (Å²) in [5.74, 6) is 0. The number of hydrogen-bond donors (Lipinski definition) is 1. The molecule has 1 N–H and O–H groups in total. The van der Waals surface area contributed by atoms with Crippen LogP contribution >= 0.6 is 0 Å². The molecule has 0 saturated heterocycles. The van der Waals surface area contributed by atoms with Crippen molar-refractivity contribution in [3.63, 3.8) is 0 Å². The molecule has 0 unspecified atom stereocenters. The van der Waals surface area contributed by atoms with E-state index in [9.17, 15) is 0 Å². The van der Waals surface area contributed by atoms with Crippen molar-refractivity contribution < 1.29 is 49.2 Å². The number of rotatable bonds is 0. The molecule has 0 spiro atoms. The van der Waals surface area contributed by atoms with Gasteiger partial charge in [-0.2, -0.15) is 0 Å². The number of hydrogen-bond acceptors (Lipinski definition) is 2. The van der Waals surface area contributed by atoms with Crippen molar-refractivity contribution in [1.29, 1.82) is 0 Å². The zero-order chi connectivity index (χ0) is 3.58. The van der Waals surface area contributed by atoms with Crippen molar-refractivity contribution in [3.05, 3.63) is 0 Å². The van der Waals surface area contributed by atoms with Gasteiger partial charge in [0.2, 0.25) is 0 Å². The van der Waals surface area contributed by atoms with Crippen molar-refractivity contribution >= 4 is 0 Å². The van der Waals surface area contributed by atoms with E-state index >= 15 is 0 Å². The van der Waals surface area contributed by atoms with Gasteiger partial charge in [-0.3, -0.25) is 0 Å². The molecule has 0 heterocycles. The quantitative estimate of drug-likeness (QED) is 0.530. The summed E-state index contributed by atoms with van der Waals surface area (Å²) in [5.41, 5.74) is 0. The fourth-order valence-corrected chi connectivity index (χ4v) is 0. The second-order valence-corrected chi connectivity index (χ2v) is 0.981. The molecule has 1 radical (unpaired) electrons. The Morgan fingerprint density at radius 2 is 1.40 bits per heavy atom. The van der Waals surface area contributed by atoms with Crippen LogP contribution in [0.1, 0.15) is 0 Å². The van der Waals surface area contributed by atoms with E-state index in [1.165, 1.54) is 0 Å². The molecule has 35 valence electrons. The van der Waals surface area contributed by atoms with E-state index in [4.69, 9.17) is 11.4 Å². The first-order valence-electron chi connectivity index (χ1n) is 0.565. The average molecular weight is 208 g/mol. The molecule has 0 rings (SSSR count). The Balaban J connectivity index is 0. The Labute approximate surface area is 49.2 Å². The van der Waals surface area contributed by atoms with Crippen LogP contribution < -0.4 is 0 Å². The molecule has 0 aliphatic rings. The van der Waals surface area contributed by atoms with Crippen LogP contribution in [-0.4, -0.2) is 4.03 Å². The maximum absolute atomic E-state index is 8.67. The van der Waals surface area contributed by atoms with Crippen molar-refractivity contribution in [2.45, 2.75) is 0 Å². The molecule has 0 bridgehead atoms. The first-order valence-corrected chi connectivity index (χ1v) is 2.33. The normalized spacial score (nSPS) is 5.00. The van der Waals surface area contributed by atoms with E-state index < -0.39 is 15.4 Å². The van der Waals surface area contributed by atoms with Crippen LogP contribution in [0, 0.1) is 0 Å². The topological polar surface area (TPSA) is 54.4 Å². The third-order valence-corrected chi connectivity index (χ3v) is 0. The molecule has 3 nitrogen and oxygen atoms in total. The summed E-state index contributed by atoms with van der Waals surface area (Å²) in [7, 11) is 0. The Morgan fingerprint density at radius 3 is 1.40 bits per heavy atom. The van der Waals surface area contributed by atoms with Gasteiger partial charge in [0.05, 0.1) is 0 Å². The second kappa shape index (κ2) is 4.88. The van der Waals surface area contributed by atoms with Gasteiger partial charge in [-0.05, 0) is 0 Å². The summed E-state index contributed by atoms with van der Waals surface area (Å²) in [6.45, 7) is 0. The molecule has 5 heteroatoms. The molecule has 0 fully saturated rings. The first-order chi connectivity index (χ1) is 1.73. The molecule has 0 saturated carbocycles. The zero-order valence-electron chi connectivity index (χ0n) is 2.01. The second-order valence-electron chi connectivity index (χ2n) is 0.238. The summed E-state index contributed by atoms with van der Waals surface area (Å²) in [6.07, 6.45) is 0. The van der Waals surface area contributed by atoms with E-state index in [1.807, 2.05) is 0 Å². The molecular formula is HAgO3V. The van der Waals surface area contributed by atoms with Crippen molar-refractivity contribution in [2.75, 3.05) is 0 Å². The van der Waals surface area contributed by atoms with Crippen LogP contribution in [0.3, 0.4) is 0 Å². The Bertz CT molecular complexity index is 55.3. The van der Waals surface area contributed by atoms with Crippen molar-refractivity contribution in [2.24, 2.45) is 0 Å². The zero-order valence-corrected chi connectivity index (χ0v) is 4.89. The molecule has 0 atom stereocenters. The Morgan fingerprint density at radius 1 is 1.40 bits per heavy atom. The van der Waals surface area contributed by atoms with Crippen LogP contribution in [0.25, 0.3) is 0 Å². The predicted octanol–water partition coefficient (Wildman–Crippen LogP) is -0.800. The Kier molecular flexibility index (Phi) is 9.09. The average Bonchev–Trinajstić information content (AvgIpc) is 0.811. The fraction of sp³-hybridized carbons (Fsp3) is 0. The maximum atomic E-state index is 8.67. The van der Waals surface area contributed by atoms with Crippen molar-refractivity contribution in [3.8, 4) is 0 Å². The van der Waals surface area contributed by atoms with Gasteiger partial charge in [0.1, 0.15) is 0 Å². The van der Waals surface area contributed by atoms with Gasteiger partial charge in [-0.1, -0.05) is 0 Å². The van der Waals surface area contributed by atoms with Gasteiger partial charge >= 0.3 is 26.8 Å². The molecule has 0 aromatic rings. The SMILES string of the molecule is [Ag].[O]=[V](=[O])[OH]. The van der Waals surface area contributed by atoms with Crippen LogP contribution in [0.2, 0.25) is 0 Å².